The van der Waals surface area contributed by atoms with E-state index in [-0.39, 0.29) is 0 Å². The van der Waals surface area contributed by atoms with Crippen LogP contribution in [0.25, 0.3) is 0 Å². The molecule has 1 N–H and O–H groups in total. The second-order valence-electron chi connectivity index (χ2n) is 5.96. The molecule has 0 bridgehead atoms. The number of nitrogens with one attached hydrogen (secondary N) is 1. The lowest BCUT2D eigenvalue weighted by molar-refractivity contribution is 0.243. The molecule has 1 aliphatic carbocycles. The minimum absolute atomic E-state index is 0.345. The van der Waals surface area contributed by atoms with Crippen LogP contribution in [0.15, 0.2) is 12.4 Å². The van der Waals surface area contributed by atoms with Crippen molar-refractivity contribution in [3.8, 4) is 0 Å². The maximum atomic E-state index is 11.2. The number of fused-ring (bicyclic) bond motifs is 1. The summed E-state index contributed by atoms with van der Waals surface area (Å²) in [7, 11) is -3.16. The van der Waals surface area contributed by atoms with Crippen molar-refractivity contribution in [3.05, 3.63) is 29.1 Å². The third-order valence-electron chi connectivity index (χ3n) is 4.05. The third kappa shape index (κ3) is 3.56. The lowest BCUT2D eigenvalue weighted by Gasteiger charge is -2.29. The molecule has 5 nitrogen and oxygen atoms in total. The summed E-state index contributed by atoms with van der Waals surface area (Å²) in [5, 5.41) is 0. The molecule has 0 amide bonds. The van der Waals surface area contributed by atoms with Crippen LogP contribution < -0.4 is 4.72 Å². The Morgan fingerprint density at radius 2 is 2.20 bits per heavy atom. The highest BCUT2D eigenvalue weighted by atomic mass is 32.2. The zero-order valence-corrected chi connectivity index (χ0v) is 12.6. The maximum absolute atomic E-state index is 11.2. The summed E-state index contributed by atoms with van der Waals surface area (Å²) in [4.78, 5) is 6.76. The molecule has 0 saturated heterocycles. The van der Waals surface area contributed by atoms with Gasteiger partial charge in [0.1, 0.15) is 0 Å². The van der Waals surface area contributed by atoms with Crippen LogP contribution in [0.4, 0.5) is 0 Å². The van der Waals surface area contributed by atoms with Crippen LogP contribution in [-0.4, -0.2) is 37.6 Å². The Balaban J connectivity index is 1.71. The molecule has 0 atom stereocenters. The summed E-state index contributed by atoms with van der Waals surface area (Å²) < 4.78 is 25.0. The number of rotatable bonds is 5. The number of hydrogen-bond acceptors (Lipinski definition) is 4. The fourth-order valence-electron chi connectivity index (χ4n) is 2.81. The summed E-state index contributed by atoms with van der Waals surface area (Å²) in [5.74, 6) is 0.902. The highest BCUT2D eigenvalue weighted by molar-refractivity contribution is 7.88. The number of pyridine rings is 1. The second kappa shape index (κ2) is 5.42. The smallest absolute Gasteiger partial charge is 0.209 e. The quantitative estimate of drug-likeness (QED) is 0.876. The first-order chi connectivity index (χ1) is 9.51. The highest BCUT2D eigenvalue weighted by Gasteiger charge is 2.27. The molecule has 6 heteroatoms. The van der Waals surface area contributed by atoms with Crippen molar-refractivity contribution < 1.29 is 8.42 Å². The van der Waals surface area contributed by atoms with E-state index in [1.165, 1.54) is 36.8 Å². The van der Waals surface area contributed by atoms with Gasteiger partial charge < -0.3 is 0 Å². The predicted octanol–water partition coefficient (Wildman–Crippen LogP) is 0.899. The molecule has 1 aliphatic heterocycles. The first-order valence-electron chi connectivity index (χ1n) is 7.13. The molecule has 1 aromatic rings. The van der Waals surface area contributed by atoms with Crippen LogP contribution in [0.3, 0.4) is 0 Å². The van der Waals surface area contributed by atoms with Gasteiger partial charge in [0.2, 0.25) is 10.0 Å². The largest absolute Gasteiger partial charge is 0.298 e. The van der Waals surface area contributed by atoms with Crippen LogP contribution >= 0.6 is 0 Å². The van der Waals surface area contributed by atoms with Crippen LogP contribution in [0.5, 0.6) is 0 Å². The molecule has 0 unspecified atom stereocenters. The zero-order chi connectivity index (χ0) is 14.2. The van der Waals surface area contributed by atoms with E-state index in [0.29, 0.717) is 6.54 Å². The van der Waals surface area contributed by atoms with Crippen LogP contribution in [0, 0.1) is 5.92 Å². The van der Waals surface area contributed by atoms with E-state index < -0.39 is 10.0 Å². The Morgan fingerprint density at radius 1 is 1.40 bits per heavy atom. The standard InChI is InChI=1S/C14H21N3O2S/c1-20(18,19)16-8-12-6-15-7-13-10-17(5-4-14(12)13)9-11-2-3-11/h6-7,11,16H,2-5,8-10H2,1H3. The molecule has 1 fully saturated rings. The summed E-state index contributed by atoms with van der Waals surface area (Å²) in [5.41, 5.74) is 3.55. The summed E-state index contributed by atoms with van der Waals surface area (Å²) >= 11 is 0. The van der Waals surface area contributed by atoms with Gasteiger partial charge in [0, 0.05) is 38.6 Å². The Bertz CT molecular complexity index is 596. The van der Waals surface area contributed by atoms with Gasteiger partial charge in [-0.1, -0.05) is 0 Å². The molecular formula is C14H21N3O2S. The molecule has 1 saturated carbocycles. The zero-order valence-electron chi connectivity index (χ0n) is 11.8. The molecule has 2 heterocycles. The topological polar surface area (TPSA) is 62.3 Å². The highest BCUT2D eigenvalue weighted by Crippen LogP contribution is 2.31. The molecular weight excluding hydrogens is 274 g/mol. The Hall–Kier alpha value is -0.980. The molecule has 2 aliphatic rings. The molecule has 0 radical (unpaired) electrons. The second-order valence-corrected chi connectivity index (χ2v) is 7.79. The number of aromatic nitrogens is 1. The van der Waals surface area contributed by atoms with Gasteiger partial charge in [0.25, 0.3) is 0 Å². The molecule has 1 aromatic heterocycles. The van der Waals surface area contributed by atoms with Gasteiger partial charge in [-0.05, 0) is 41.9 Å². The first-order valence-corrected chi connectivity index (χ1v) is 9.02. The summed E-state index contributed by atoms with van der Waals surface area (Å²) in [6, 6.07) is 0. The normalized spacial score (nSPS) is 19.9. The summed E-state index contributed by atoms with van der Waals surface area (Å²) in [6.45, 7) is 3.56. The van der Waals surface area contributed by atoms with E-state index in [2.05, 4.69) is 14.6 Å². The van der Waals surface area contributed by atoms with Gasteiger partial charge in [-0.15, -0.1) is 0 Å². The van der Waals surface area contributed by atoms with E-state index in [4.69, 9.17) is 0 Å². The van der Waals surface area contributed by atoms with Crippen molar-refractivity contribution >= 4 is 10.0 Å². The Kier molecular flexibility index (Phi) is 3.79. The van der Waals surface area contributed by atoms with Crippen molar-refractivity contribution in [3.63, 3.8) is 0 Å². The van der Waals surface area contributed by atoms with Crippen LogP contribution in [-0.2, 0) is 29.5 Å². The fourth-order valence-corrected chi connectivity index (χ4v) is 3.23. The van der Waals surface area contributed by atoms with Gasteiger partial charge in [0.15, 0.2) is 0 Å². The van der Waals surface area contributed by atoms with Crippen molar-refractivity contribution in [1.82, 2.24) is 14.6 Å². The number of hydrogen-bond donors (Lipinski definition) is 1. The lowest BCUT2D eigenvalue weighted by atomic mass is 9.97. The van der Waals surface area contributed by atoms with E-state index in [1.807, 2.05) is 6.20 Å². The van der Waals surface area contributed by atoms with Crippen molar-refractivity contribution in [1.29, 1.82) is 0 Å². The van der Waals surface area contributed by atoms with Gasteiger partial charge in [0.05, 0.1) is 6.26 Å². The molecule has 0 aromatic carbocycles. The molecule has 20 heavy (non-hydrogen) atoms. The van der Waals surface area contributed by atoms with E-state index in [9.17, 15) is 8.42 Å². The summed E-state index contributed by atoms with van der Waals surface area (Å²) in [6.07, 6.45) is 8.64. The number of sulfonamides is 1. The SMILES string of the molecule is CS(=O)(=O)NCc1cncc2c1CCN(CC1CC1)C2. The molecule has 3 rings (SSSR count). The Labute approximate surface area is 120 Å². The van der Waals surface area contributed by atoms with Crippen LogP contribution in [0.2, 0.25) is 0 Å². The van der Waals surface area contributed by atoms with E-state index >= 15 is 0 Å². The van der Waals surface area contributed by atoms with Gasteiger partial charge in [-0.2, -0.15) is 0 Å². The minimum atomic E-state index is -3.16. The first kappa shape index (κ1) is 14.0. The Morgan fingerprint density at radius 3 is 2.90 bits per heavy atom. The lowest BCUT2D eigenvalue weighted by Crippen LogP contribution is -2.33. The monoisotopic (exact) mass is 295 g/mol. The van der Waals surface area contributed by atoms with E-state index in [1.54, 1.807) is 6.20 Å². The van der Waals surface area contributed by atoms with E-state index in [0.717, 1.165) is 31.0 Å². The third-order valence-corrected chi connectivity index (χ3v) is 4.71. The van der Waals surface area contributed by atoms with Crippen molar-refractivity contribution in [2.24, 2.45) is 5.92 Å². The van der Waals surface area contributed by atoms with Gasteiger partial charge in [-0.25, -0.2) is 13.1 Å². The van der Waals surface area contributed by atoms with Gasteiger partial charge in [-0.3, -0.25) is 9.88 Å². The predicted molar refractivity (Wildman–Crippen MR) is 77.6 cm³/mol. The average molecular weight is 295 g/mol. The maximum Gasteiger partial charge on any atom is 0.209 e. The average Bonchev–Trinajstić information content (AvgIpc) is 3.19. The fraction of sp³-hybridized carbons (Fsp3) is 0.643. The van der Waals surface area contributed by atoms with Crippen molar-refractivity contribution in [2.45, 2.75) is 32.4 Å². The van der Waals surface area contributed by atoms with Gasteiger partial charge >= 0.3 is 0 Å². The number of nitrogens with zero attached hydrogens (tertiary/aromatic N) is 2. The van der Waals surface area contributed by atoms with Crippen LogP contribution in [0.1, 0.15) is 29.5 Å². The molecule has 0 spiro atoms. The molecule has 110 valence electrons. The minimum Gasteiger partial charge on any atom is -0.298 e. The van der Waals surface area contributed by atoms with Crippen molar-refractivity contribution in [2.75, 3.05) is 19.3 Å².